The lowest BCUT2D eigenvalue weighted by atomic mass is 10.1. The number of nitrogens with zero attached hydrogens (tertiary/aromatic N) is 3. The molecule has 0 spiro atoms. The summed E-state index contributed by atoms with van der Waals surface area (Å²) in [4.78, 5) is 4.18. The average molecular weight is 276 g/mol. The zero-order valence-corrected chi connectivity index (χ0v) is 11.8. The first-order valence-corrected chi connectivity index (χ1v) is 6.21. The second-order valence-corrected chi connectivity index (χ2v) is 4.78. The fourth-order valence-corrected chi connectivity index (χ4v) is 2.08. The Morgan fingerprint density at radius 2 is 2.00 bits per heavy atom. The lowest BCUT2D eigenvalue weighted by Crippen LogP contribution is -2.05. The van der Waals surface area contributed by atoms with Gasteiger partial charge in [0.25, 0.3) is 0 Å². The molecule has 0 unspecified atom stereocenters. The van der Waals surface area contributed by atoms with Crippen molar-refractivity contribution < 1.29 is 4.74 Å². The van der Waals surface area contributed by atoms with E-state index in [9.17, 15) is 0 Å². The number of rotatable bonds is 3. The van der Waals surface area contributed by atoms with Gasteiger partial charge in [0, 0.05) is 7.05 Å². The van der Waals surface area contributed by atoms with Crippen molar-refractivity contribution in [3.8, 4) is 11.8 Å². The minimum absolute atomic E-state index is 0.344. The monoisotopic (exact) mass is 275 g/mol. The van der Waals surface area contributed by atoms with Crippen molar-refractivity contribution in [3.63, 3.8) is 0 Å². The Morgan fingerprint density at radius 1 is 1.37 bits per heavy atom. The minimum atomic E-state index is 0.344. The van der Waals surface area contributed by atoms with Crippen LogP contribution in [0.15, 0.2) is 18.3 Å². The molecule has 0 amide bonds. The molecule has 2 rings (SSSR count). The van der Waals surface area contributed by atoms with Gasteiger partial charge < -0.3 is 9.30 Å². The van der Waals surface area contributed by atoms with Crippen molar-refractivity contribution in [1.29, 1.82) is 5.26 Å². The number of nitriles is 1. The van der Waals surface area contributed by atoms with Crippen LogP contribution in [0.3, 0.4) is 0 Å². The molecule has 1 aromatic carbocycles. The Bertz CT molecular complexity index is 632. The predicted octanol–water partition coefficient (Wildman–Crippen LogP) is 3.14. The van der Waals surface area contributed by atoms with E-state index in [4.69, 9.17) is 21.6 Å². The van der Waals surface area contributed by atoms with Gasteiger partial charge in [0.15, 0.2) is 0 Å². The SMILES string of the molecule is Cc1cc(C#N)cc(C)c1OCc1ncc(Cl)n1C. The first kappa shape index (κ1) is 13.4. The molecule has 19 heavy (non-hydrogen) atoms. The van der Waals surface area contributed by atoms with Crippen LogP contribution in [0, 0.1) is 25.2 Å². The lowest BCUT2D eigenvalue weighted by molar-refractivity contribution is 0.288. The molecule has 0 aliphatic rings. The van der Waals surface area contributed by atoms with E-state index in [-0.39, 0.29) is 0 Å². The van der Waals surface area contributed by atoms with Gasteiger partial charge in [0.2, 0.25) is 0 Å². The summed E-state index contributed by atoms with van der Waals surface area (Å²) in [6, 6.07) is 5.76. The molecule has 98 valence electrons. The largest absolute Gasteiger partial charge is 0.485 e. The molecule has 0 saturated carbocycles. The smallest absolute Gasteiger partial charge is 0.147 e. The highest BCUT2D eigenvalue weighted by molar-refractivity contribution is 6.29. The maximum Gasteiger partial charge on any atom is 0.147 e. The highest BCUT2D eigenvalue weighted by atomic mass is 35.5. The van der Waals surface area contributed by atoms with Gasteiger partial charge in [-0.1, -0.05) is 11.6 Å². The van der Waals surface area contributed by atoms with E-state index in [1.807, 2.05) is 33.0 Å². The normalized spacial score (nSPS) is 10.3. The quantitative estimate of drug-likeness (QED) is 0.865. The Morgan fingerprint density at radius 3 is 2.47 bits per heavy atom. The summed E-state index contributed by atoms with van der Waals surface area (Å²) in [5, 5.41) is 9.48. The Labute approximate surface area is 117 Å². The number of benzene rings is 1. The van der Waals surface area contributed by atoms with Gasteiger partial charge in [-0.05, 0) is 37.1 Å². The maximum absolute atomic E-state index is 8.91. The van der Waals surface area contributed by atoms with Crippen molar-refractivity contribution in [2.45, 2.75) is 20.5 Å². The molecule has 4 nitrogen and oxygen atoms in total. The van der Waals surface area contributed by atoms with E-state index in [1.54, 1.807) is 10.8 Å². The van der Waals surface area contributed by atoms with Crippen LogP contribution in [-0.2, 0) is 13.7 Å². The fraction of sp³-hybridized carbons (Fsp3) is 0.286. The van der Waals surface area contributed by atoms with E-state index in [1.165, 1.54) is 0 Å². The maximum atomic E-state index is 8.91. The van der Waals surface area contributed by atoms with Crippen LogP contribution < -0.4 is 4.74 Å². The van der Waals surface area contributed by atoms with Crippen LogP contribution in [0.2, 0.25) is 5.15 Å². The van der Waals surface area contributed by atoms with E-state index in [0.717, 1.165) is 22.7 Å². The van der Waals surface area contributed by atoms with Gasteiger partial charge in [0.05, 0.1) is 17.8 Å². The third kappa shape index (κ3) is 2.72. The van der Waals surface area contributed by atoms with Gasteiger partial charge in [-0.25, -0.2) is 4.98 Å². The molecule has 1 aromatic heterocycles. The molecule has 0 fully saturated rings. The Kier molecular flexibility index (Phi) is 3.77. The fourth-order valence-electron chi connectivity index (χ4n) is 1.94. The lowest BCUT2D eigenvalue weighted by Gasteiger charge is -2.12. The second kappa shape index (κ2) is 5.33. The number of halogens is 1. The highest BCUT2D eigenvalue weighted by Gasteiger charge is 2.09. The Balaban J connectivity index is 2.21. The van der Waals surface area contributed by atoms with E-state index >= 15 is 0 Å². The highest BCUT2D eigenvalue weighted by Crippen LogP contribution is 2.25. The van der Waals surface area contributed by atoms with Gasteiger partial charge in [-0.2, -0.15) is 5.26 Å². The molecular weight excluding hydrogens is 262 g/mol. The number of hydrogen-bond acceptors (Lipinski definition) is 3. The summed E-state index contributed by atoms with van der Waals surface area (Å²) < 4.78 is 7.57. The number of hydrogen-bond donors (Lipinski definition) is 0. The summed E-state index contributed by atoms with van der Waals surface area (Å²) in [7, 11) is 1.84. The van der Waals surface area contributed by atoms with Crippen molar-refractivity contribution in [1.82, 2.24) is 9.55 Å². The third-order valence-corrected chi connectivity index (χ3v) is 3.31. The van der Waals surface area contributed by atoms with Crippen LogP contribution in [0.4, 0.5) is 0 Å². The van der Waals surface area contributed by atoms with Gasteiger partial charge in [0.1, 0.15) is 23.3 Å². The summed E-state index contributed by atoms with van der Waals surface area (Å²) in [6.07, 6.45) is 1.60. The van der Waals surface area contributed by atoms with Gasteiger partial charge >= 0.3 is 0 Å². The molecule has 0 saturated heterocycles. The minimum Gasteiger partial charge on any atom is -0.485 e. The number of ether oxygens (including phenoxy) is 1. The van der Waals surface area contributed by atoms with Crippen LogP contribution >= 0.6 is 11.6 Å². The first-order valence-electron chi connectivity index (χ1n) is 5.83. The molecule has 2 aromatic rings. The number of aryl methyl sites for hydroxylation is 2. The summed E-state index contributed by atoms with van der Waals surface area (Å²) in [5.41, 5.74) is 2.52. The molecule has 0 bridgehead atoms. The van der Waals surface area contributed by atoms with E-state index in [2.05, 4.69) is 11.1 Å². The molecule has 0 aliphatic heterocycles. The molecule has 0 aliphatic carbocycles. The van der Waals surface area contributed by atoms with Crippen molar-refractivity contribution in [2.75, 3.05) is 0 Å². The van der Waals surface area contributed by atoms with Crippen molar-refractivity contribution in [3.05, 3.63) is 46.0 Å². The average Bonchev–Trinajstić information content (AvgIpc) is 2.69. The second-order valence-electron chi connectivity index (χ2n) is 4.40. The third-order valence-electron chi connectivity index (χ3n) is 2.96. The molecule has 0 atom stereocenters. The molecule has 0 radical (unpaired) electrons. The standard InChI is InChI=1S/C14H14ClN3O/c1-9-4-11(6-16)5-10(2)14(9)19-8-13-17-7-12(15)18(13)3/h4-5,7H,8H2,1-3H3. The molecule has 1 heterocycles. The van der Waals surface area contributed by atoms with Crippen LogP contribution in [0.5, 0.6) is 5.75 Å². The van der Waals surface area contributed by atoms with Gasteiger partial charge in [-0.15, -0.1) is 0 Å². The first-order chi connectivity index (χ1) is 9.02. The molecular formula is C14H14ClN3O. The Hall–Kier alpha value is -1.99. The summed E-state index contributed by atoms with van der Waals surface area (Å²) in [5.74, 6) is 1.55. The zero-order chi connectivity index (χ0) is 14.0. The van der Waals surface area contributed by atoms with Crippen LogP contribution in [0.25, 0.3) is 0 Å². The van der Waals surface area contributed by atoms with E-state index < -0.39 is 0 Å². The van der Waals surface area contributed by atoms with Crippen LogP contribution in [0.1, 0.15) is 22.5 Å². The van der Waals surface area contributed by atoms with Gasteiger partial charge in [-0.3, -0.25) is 0 Å². The number of aromatic nitrogens is 2. The van der Waals surface area contributed by atoms with E-state index in [0.29, 0.717) is 17.3 Å². The van der Waals surface area contributed by atoms with Crippen molar-refractivity contribution in [2.24, 2.45) is 7.05 Å². The van der Waals surface area contributed by atoms with Crippen molar-refractivity contribution >= 4 is 11.6 Å². The summed E-state index contributed by atoms with van der Waals surface area (Å²) in [6.45, 7) is 4.19. The molecule has 0 N–H and O–H groups in total. The topological polar surface area (TPSA) is 50.8 Å². The van der Waals surface area contributed by atoms with Crippen LogP contribution in [-0.4, -0.2) is 9.55 Å². The zero-order valence-electron chi connectivity index (χ0n) is 11.1. The summed E-state index contributed by atoms with van der Waals surface area (Å²) >= 11 is 5.92. The number of imidazole rings is 1. The predicted molar refractivity (Wildman–Crippen MR) is 73.2 cm³/mol. The molecule has 5 heteroatoms.